The summed E-state index contributed by atoms with van der Waals surface area (Å²) in [6.45, 7) is 0.731. The first-order valence-corrected chi connectivity index (χ1v) is 6.06. The maximum Gasteiger partial charge on any atom is 0.134 e. The van der Waals surface area contributed by atoms with Crippen molar-refractivity contribution < 1.29 is 4.42 Å². The monoisotopic (exact) mass is 299 g/mol. The van der Waals surface area contributed by atoms with Gasteiger partial charge in [0.1, 0.15) is 11.5 Å². The lowest BCUT2D eigenvalue weighted by atomic mass is 10.2. The van der Waals surface area contributed by atoms with E-state index in [1.165, 1.54) is 0 Å². The molecule has 0 fully saturated rings. The lowest BCUT2D eigenvalue weighted by molar-refractivity contribution is 0.507. The summed E-state index contributed by atoms with van der Waals surface area (Å²) >= 11 is 9.33. The molecule has 0 saturated carbocycles. The van der Waals surface area contributed by atoms with Crippen LogP contribution in [-0.2, 0) is 6.54 Å². The molecule has 0 aliphatic rings. The fourth-order valence-electron chi connectivity index (χ4n) is 1.45. The Bertz CT molecular complexity index is 496. The number of hydrogen-bond acceptors (Lipinski definition) is 2. The van der Waals surface area contributed by atoms with Crippen molar-refractivity contribution in [1.29, 1.82) is 0 Å². The Morgan fingerprint density at radius 3 is 2.81 bits per heavy atom. The zero-order chi connectivity index (χ0) is 11.5. The van der Waals surface area contributed by atoms with Gasteiger partial charge < -0.3 is 9.73 Å². The lowest BCUT2D eigenvalue weighted by Gasteiger charge is -2.00. The predicted octanol–water partition coefficient (Wildman–Crippen LogP) is 4.08. The van der Waals surface area contributed by atoms with Crippen molar-refractivity contribution in [3.05, 3.63) is 45.6 Å². The average Bonchev–Trinajstić information content (AvgIpc) is 2.71. The molecule has 0 aliphatic carbocycles. The Morgan fingerprint density at radius 2 is 2.12 bits per heavy atom. The van der Waals surface area contributed by atoms with Gasteiger partial charge in [-0.05, 0) is 53.3 Å². The van der Waals surface area contributed by atoms with Gasteiger partial charge in [-0.1, -0.05) is 11.6 Å². The van der Waals surface area contributed by atoms with Gasteiger partial charge in [0.05, 0.1) is 11.6 Å². The molecule has 0 spiro atoms. The number of furan rings is 1. The van der Waals surface area contributed by atoms with Crippen LogP contribution >= 0.6 is 27.5 Å². The van der Waals surface area contributed by atoms with Crippen LogP contribution in [0.4, 0.5) is 0 Å². The average molecular weight is 301 g/mol. The Morgan fingerprint density at radius 1 is 1.31 bits per heavy atom. The third-order valence-corrected chi connectivity index (χ3v) is 3.43. The summed E-state index contributed by atoms with van der Waals surface area (Å²) in [6.07, 6.45) is 0. The predicted molar refractivity (Wildman–Crippen MR) is 69.6 cm³/mol. The highest BCUT2D eigenvalue weighted by molar-refractivity contribution is 9.10. The molecule has 0 saturated heterocycles. The topological polar surface area (TPSA) is 25.2 Å². The number of nitrogens with one attached hydrogen (secondary N) is 1. The van der Waals surface area contributed by atoms with Crippen LogP contribution in [0, 0.1) is 0 Å². The van der Waals surface area contributed by atoms with Crippen LogP contribution in [0.25, 0.3) is 11.3 Å². The molecule has 16 heavy (non-hydrogen) atoms. The summed E-state index contributed by atoms with van der Waals surface area (Å²) in [5.74, 6) is 1.77. The molecule has 84 valence electrons. The fourth-order valence-corrected chi connectivity index (χ4v) is 1.95. The zero-order valence-corrected chi connectivity index (χ0v) is 11.1. The Hall–Kier alpha value is -0.770. The molecule has 0 aliphatic heterocycles. The van der Waals surface area contributed by atoms with Gasteiger partial charge in [-0.2, -0.15) is 0 Å². The Labute approximate surface area is 108 Å². The molecule has 1 aromatic carbocycles. The smallest absolute Gasteiger partial charge is 0.134 e. The molecule has 1 aromatic heterocycles. The van der Waals surface area contributed by atoms with E-state index in [1.54, 1.807) is 0 Å². The third kappa shape index (κ3) is 2.48. The van der Waals surface area contributed by atoms with Gasteiger partial charge in [0, 0.05) is 10.0 Å². The molecule has 0 atom stereocenters. The highest BCUT2D eigenvalue weighted by Crippen LogP contribution is 2.29. The van der Waals surface area contributed by atoms with E-state index in [4.69, 9.17) is 16.0 Å². The van der Waals surface area contributed by atoms with E-state index in [9.17, 15) is 0 Å². The van der Waals surface area contributed by atoms with Crippen molar-refractivity contribution >= 4 is 27.5 Å². The second-order valence-corrected chi connectivity index (χ2v) is 4.69. The Kier molecular flexibility index (Phi) is 3.69. The minimum Gasteiger partial charge on any atom is -0.460 e. The molecular weight excluding hydrogens is 289 g/mol. The standard InChI is InChI=1S/C12H11BrClNO/c1-15-7-9-3-5-12(16-9)8-2-4-11(14)10(13)6-8/h2-6,15H,7H2,1H3. The summed E-state index contributed by atoms with van der Waals surface area (Å²) < 4.78 is 6.55. The van der Waals surface area contributed by atoms with Crippen LogP contribution in [0.3, 0.4) is 0 Å². The van der Waals surface area contributed by atoms with Gasteiger partial charge in [0.25, 0.3) is 0 Å². The summed E-state index contributed by atoms with van der Waals surface area (Å²) in [7, 11) is 1.89. The first-order chi connectivity index (χ1) is 7.70. The van der Waals surface area contributed by atoms with Crippen LogP contribution in [0.5, 0.6) is 0 Å². The first-order valence-electron chi connectivity index (χ1n) is 4.89. The molecule has 1 N–H and O–H groups in total. The second-order valence-electron chi connectivity index (χ2n) is 3.43. The van der Waals surface area contributed by atoms with Crippen LogP contribution in [0.2, 0.25) is 5.02 Å². The number of rotatable bonds is 3. The maximum absolute atomic E-state index is 5.94. The van der Waals surface area contributed by atoms with E-state index < -0.39 is 0 Å². The molecule has 2 aromatic rings. The third-order valence-electron chi connectivity index (χ3n) is 2.22. The number of halogens is 2. The van der Waals surface area contributed by atoms with Crippen molar-refractivity contribution in [1.82, 2.24) is 5.32 Å². The quantitative estimate of drug-likeness (QED) is 0.924. The Balaban J connectivity index is 2.31. The van der Waals surface area contributed by atoms with Gasteiger partial charge in [-0.15, -0.1) is 0 Å². The molecule has 4 heteroatoms. The summed E-state index contributed by atoms with van der Waals surface area (Å²) in [6, 6.07) is 9.66. The van der Waals surface area contributed by atoms with Gasteiger partial charge in [0.15, 0.2) is 0 Å². The molecule has 2 rings (SSSR count). The van der Waals surface area contributed by atoms with Crippen LogP contribution < -0.4 is 5.32 Å². The molecule has 2 nitrogen and oxygen atoms in total. The van der Waals surface area contributed by atoms with E-state index >= 15 is 0 Å². The van der Waals surface area contributed by atoms with Crippen molar-refractivity contribution in [3.8, 4) is 11.3 Å². The van der Waals surface area contributed by atoms with Crippen molar-refractivity contribution in [3.63, 3.8) is 0 Å². The van der Waals surface area contributed by atoms with E-state index in [2.05, 4.69) is 21.2 Å². The van der Waals surface area contributed by atoms with E-state index in [0.29, 0.717) is 5.02 Å². The summed E-state index contributed by atoms with van der Waals surface area (Å²) in [5.41, 5.74) is 1.01. The normalized spacial score (nSPS) is 10.7. The molecule has 0 amide bonds. The highest BCUT2D eigenvalue weighted by atomic mass is 79.9. The first kappa shape index (κ1) is 11.7. The minimum atomic E-state index is 0.700. The maximum atomic E-state index is 5.94. The summed E-state index contributed by atoms with van der Waals surface area (Å²) in [5, 5.41) is 3.74. The molecule has 1 heterocycles. The van der Waals surface area contributed by atoms with E-state index in [0.717, 1.165) is 28.1 Å². The SMILES string of the molecule is CNCc1ccc(-c2ccc(Cl)c(Br)c2)o1. The zero-order valence-electron chi connectivity index (χ0n) is 8.76. The molecule has 0 unspecified atom stereocenters. The lowest BCUT2D eigenvalue weighted by Crippen LogP contribution is -2.03. The molecular formula is C12H11BrClNO. The fraction of sp³-hybridized carbons (Fsp3) is 0.167. The van der Waals surface area contributed by atoms with E-state index in [1.807, 2.05) is 37.4 Å². The van der Waals surface area contributed by atoms with Crippen molar-refractivity contribution in [2.45, 2.75) is 6.54 Å². The minimum absolute atomic E-state index is 0.700. The van der Waals surface area contributed by atoms with Gasteiger partial charge >= 0.3 is 0 Å². The van der Waals surface area contributed by atoms with Crippen molar-refractivity contribution in [2.75, 3.05) is 7.05 Å². The number of hydrogen-bond donors (Lipinski definition) is 1. The molecule has 0 bridgehead atoms. The second kappa shape index (κ2) is 5.04. The van der Waals surface area contributed by atoms with Gasteiger partial charge in [-0.25, -0.2) is 0 Å². The van der Waals surface area contributed by atoms with Crippen LogP contribution in [0.15, 0.2) is 39.2 Å². The number of benzene rings is 1. The summed E-state index contributed by atoms with van der Waals surface area (Å²) in [4.78, 5) is 0. The highest BCUT2D eigenvalue weighted by Gasteiger charge is 2.06. The van der Waals surface area contributed by atoms with Crippen LogP contribution in [0.1, 0.15) is 5.76 Å². The van der Waals surface area contributed by atoms with Crippen molar-refractivity contribution in [2.24, 2.45) is 0 Å². The molecule has 0 radical (unpaired) electrons. The largest absolute Gasteiger partial charge is 0.460 e. The van der Waals surface area contributed by atoms with Crippen LogP contribution in [-0.4, -0.2) is 7.05 Å². The van der Waals surface area contributed by atoms with Gasteiger partial charge in [0.2, 0.25) is 0 Å². The van der Waals surface area contributed by atoms with Gasteiger partial charge in [-0.3, -0.25) is 0 Å². The van der Waals surface area contributed by atoms with E-state index in [-0.39, 0.29) is 0 Å².